The van der Waals surface area contributed by atoms with Crippen molar-refractivity contribution in [2.75, 3.05) is 31.5 Å². The molecule has 2 amide bonds. The van der Waals surface area contributed by atoms with E-state index in [1.54, 1.807) is 0 Å². The summed E-state index contributed by atoms with van der Waals surface area (Å²) < 4.78 is 38.1. The van der Waals surface area contributed by atoms with Crippen molar-refractivity contribution in [2.24, 2.45) is 0 Å². The quantitative estimate of drug-likeness (QED) is 0.672. The van der Waals surface area contributed by atoms with Crippen molar-refractivity contribution >= 4 is 17.5 Å². The molecule has 0 bridgehead atoms. The molecule has 1 heterocycles. The molecule has 1 aliphatic rings. The van der Waals surface area contributed by atoms with Gasteiger partial charge in [-0.25, -0.2) is 0 Å². The summed E-state index contributed by atoms with van der Waals surface area (Å²) in [6.07, 6.45) is -1.99. The molecule has 0 radical (unpaired) electrons. The Kier molecular flexibility index (Phi) is 7.90. The van der Waals surface area contributed by atoms with Crippen molar-refractivity contribution in [1.82, 2.24) is 9.80 Å². The SMILES string of the molecule is CCCN(CC(=O)Nc1ccc(C(F)(F)F)cc1)C1CCN(C(=O)c2ccccc2)CC1. The van der Waals surface area contributed by atoms with E-state index in [1.807, 2.05) is 42.2 Å². The summed E-state index contributed by atoms with van der Waals surface area (Å²) in [5.74, 6) is -0.243. The molecule has 0 atom stereocenters. The fourth-order valence-electron chi connectivity index (χ4n) is 4.00. The van der Waals surface area contributed by atoms with Crippen LogP contribution in [-0.4, -0.2) is 53.8 Å². The summed E-state index contributed by atoms with van der Waals surface area (Å²) in [5, 5.41) is 2.68. The fraction of sp³-hybridized carbons (Fsp3) is 0.417. The minimum Gasteiger partial charge on any atom is -0.339 e. The zero-order valence-electron chi connectivity index (χ0n) is 18.1. The Morgan fingerprint density at radius 2 is 1.66 bits per heavy atom. The lowest BCUT2D eigenvalue weighted by atomic mass is 10.0. The molecule has 0 unspecified atom stereocenters. The van der Waals surface area contributed by atoms with E-state index in [4.69, 9.17) is 0 Å². The molecule has 3 rings (SSSR count). The molecule has 1 N–H and O–H groups in total. The zero-order valence-corrected chi connectivity index (χ0v) is 18.1. The van der Waals surface area contributed by atoms with Crippen LogP contribution < -0.4 is 5.32 Å². The number of hydrogen-bond donors (Lipinski definition) is 1. The summed E-state index contributed by atoms with van der Waals surface area (Å²) in [5.41, 5.74) is 0.259. The summed E-state index contributed by atoms with van der Waals surface area (Å²) >= 11 is 0. The van der Waals surface area contributed by atoms with Gasteiger partial charge in [-0.2, -0.15) is 13.2 Å². The van der Waals surface area contributed by atoms with Gasteiger partial charge in [0.1, 0.15) is 0 Å². The number of carbonyl (C=O) groups is 2. The normalized spacial score (nSPS) is 15.1. The molecule has 1 saturated heterocycles. The van der Waals surface area contributed by atoms with Crippen molar-refractivity contribution in [3.63, 3.8) is 0 Å². The summed E-state index contributed by atoms with van der Waals surface area (Å²) in [6, 6.07) is 13.8. The second-order valence-electron chi connectivity index (χ2n) is 7.98. The van der Waals surface area contributed by atoms with Crippen LogP contribution in [0.4, 0.5) is 18.9 Å². The molecule has 1 fully saturated rings. The first-order valence-electron chi connectivity index (χ1n) is 10.8. The molecular formula is C24H28F3N3O2. The third-order valence-electron chi connectivity index (χ3n) is 5.64. The van der Waals surface area contributed by atoms with E-state index in [9.17, 15) is 22.8 Å². The largest absolute Gasteiger partial charge is 0.416 e. The maximum Gasteiger partial charge on any atom is 0.416 e. The fourth-order valence-corrected chi connectivity index (χ4v) is 4.00. The van der Waals surface area contributed by atoms with Gasteiger partial charge in [0, 0.05) is 30.4 Å². The first-order chi connectivity index (χ1) is 15.3. The number of nitrogens with zero attached hydrogens (tertiary/aromatic N) is 2. The van der Waals surface area contributed by atoms with Crippen LogP contribution in [-0.2, 0) is 11.0 Å². The second kappa shape index (κ2) is 10.6. The van der Waals surface area contributed by atoms with Gasteiger partial charge in [0.25, 0.3) is 5.91 Å². The molecular weight excluding hydrogens is 419 g/mol. The minimum absolute atomic E-state index is 0.0196. The van der Waals surface area contributed by atoms with E-state index in [-0.39, 0.29) is 24.4 Å². The van der Waals surface area contributed by atoms with Crippen LogP contribution in [0.1, 0.15) is 42.1 Å². The molecule has 172 valence electrons. The summed E-state index contributed by atoms with van der Waals surface area (Å²) in [7, 11) is 0. The predicted octanol–water partition coefficient (Wildman–Crippen LogP) is 4.66. The number of rotatable bonds is 7. The number of alkyl halides is 3. The Morgan fingerprint density at radius 3 is 2.22 bits per heavy atom. The van der Waals surface area contributed by atoms with E-state index < -0.39 is 11.7 Å². The number of nitrogens with one attached hydrogen (secondary N) is 1. The maximum absolute atomic E-state index is 12.7. The van der Waals surface area contributed by atoms with Crippen LogP contribution in [0.15, 0.2) is 54.6 Å². The number of halogens is 3. The van der Waals surface area contributed by atoms with Crippen LogP contribution in [0.3, 0.4) is 0 Å². The van der Waals surface area contributed by atoms with Crippen molar-refractivity contribution in [1.29, 1.82) is 0 Å². The van der Waals surface area contributed by atoms with Crippen molar-refractivity contribution in [3.05, 3.63) is 65.7 Å². The monoisotopic (exact) mass is 447 g/mol. The topological polar surface area (TPSA) is 52.7 Å². The van der Waals surface area contributed by atoms with Gasteiger partial charge in [-0.05, 0) is 62.2 Å². The molecule has 2 aromatic carbocycles. The predicted molar refractivity (Wildman–Crippen MR) is 117 cm³/mol. The van der Waals surface area contributed by atoms with Gasteiger partial charge < -0.3 is 10.2 Å². The van der Waals surface area contributed by atoms with Gasteiger partial charge >= 0.3 is 6.18 Å². The lowest BCUT2D eigenvalue weighted by molar-refractivity contribution is -0.137. The highest BCUT2D eigenvalue weighted by Crippen LogP contribution is 2.29. The molecule has 5 nitrogen and oxygen atoms in total. The second-order valence-corrected chi connectivity index (χ2v) is 7.98. The molecule has 0 aliphatic carbocycles. The van der Waals surface area contributed by atoms with Crippen molar-refractivity contribution in [3.8, 4) is 0 Å². The zero-order chi connectivity index (χ0) is 23.1. The highest BCUT2D eigenvalue weighted by Gasteiger charge is 2.30. The minimum atomic E-state index is -4.41. The van der Waals surface area contributed by atoms with E-state index in [1.165, 1.54) is 12.1 Å². The van der Waals surface area contributed by atoms with Crippen molar-refractivity contribution in [2.45, 2.75) is 38.4 Å². The number of amides is 2. The number of hydrogen-bond acceptors (Lipinski definition) is 3. The molecule has 0 spiro atoms. The van der Waals surface area contributed by atoms with Crippen LogP contribution in [0, 0.1) is 0 Å². The van der Waals surface area contributed by atoms with Crippen LogP contribution in [0.2, 0.25) is 0 Å². The average molecular weight is 448 g/mol. The molecule has 2 aromatic rings. The standard InChI is InChI=1S/C24H28F3N3O2/c1-2-14-30(17-22(31)28-20-10-8-19(9-11-20)24(25,26)27)21-12-15-29(16-13-21)23(32)18-6-4-3-5-7-18/h3-11,21H,2,12-17H2,1H3,(H,28,31). The third kappa shape index (κ3) is 6.32. The summed E-state index contributed by atoms with van der Waals surface area (Å²) in [4.78, 5) is 29.1. The number of carbonyl (C=O) groups excluding carboxylic acids is 2. The van der Waals surface area contributed by atoms with Gasteiger partial charge in [0.2, 0.25) is 5.91 Å². The maximum atomic E-state index is 12.7. The van der Waals surface area contributed by atoms with E-state index in [0.717, 1.165) is 37.9 Å². The van der Waals surface area contributed by atoms with Gasteiger partial charge in [0.15, 0.2) is 0 Å². The van der Waals surface area contributed by atoms with E-state index >= 15 is 0 Å². The Balaban J connectivity index is 1.54. The van der Waals surface area contributed by atoms with E-state index in [2.05, 4.69) is 10.2 Å². The van der Waals surface area contributed by atoms with Crippen LogP contribution >= 0.6 is 0 Å². The number of piperidine rings is 1. The first kappa shape index (κ1) is 23.8. The number of benzene rings is 2. The molecule has 32 heavy (non-hydrogen) atoms. The van der Waals surface area contributed by atoms with Crippen LogP contribution in [0.25, 0.3) is 0 Å². The van der Waals surface area contributed by atoms with E-state index in [0.29, 0.717) is 24.3 Å². The molecule has 8 heteroatoms. The molecule has 0 aromatic heterocycles. The lowest BCUT2D eigenvalue weighted by Gasteiger charge is -2.38. The Hall–Kier alpha value is -2.87. The third-order valence-corrected chi connectivity index (χ3v) is 5.64. The van der Waals surface area contributed by atoms with Gasteiger partial charge in [0.05, 0.1) is 12.1 Å². The van der Waals surface area contributed by atoms with Crippen LogP contribution in [0.5, 0.6) is 0 Å². The summed E-state index contributed by atoms with van der Waals surface area (Å²) in [6.45, 7) is 4.18. The highest BCUT2D eigenvalue weighted by molar-refractivity contribution is 5.94. The number of anilines is 1. The Morgan fingerprint density at radius 1 is 1.03 bits per heavy atom. The highest BCUT2D eigenvalue weighted by atomic mass is 19.4. The Labute approximate surface area is 186 Å². The average Bonchev–Trinajstić information content (AvgIpc) is 2.79. The first-order valence-corrected chi connectivity index (χ1v) is 10.8. The lowest BCUT2D eigenvalue weighted by Crippen LogP contribution is -2.49. The van der Waals surface area contributed by atoms with Gasteiger partial charge in [-0.15, -0.1) is 0 Å². The molecule has 1 aliphatic heterocycles. The molecule has 0 saturated carbocycles. The Bertz CT molecular complexity index is 893. The smallest absolute Gasteiger partial charge is 0.339 e. The van der Waals surface area contributed by atoms with Gasteiger partial charge in [-0.3, -0.25) is 14.5 Å². The van der Waals surface area contributed by atoms with Gasteiger partial charge in [-0.1, -0.05) is 25.1 Å². The van der Waals surface area contributed by atoms with Crippen molar-refractivity contribution < 1.29 is 22.8 Å². The number of likely N-dealkylation sites (tertiary alicyclic amines) is 1.